The topological polar surface area (TPSA) is 65.2 Å². The highest BCUT2D eigenvalue weighted by Crippen LogP contribution is 2.31. The molecule has 0 heterocycles. The number of rotatable bonds is 4. The normalized spacial score (nSPS) is 12.7. The predicted octanol–water partition coefficient (Wildman–Crippen LogP) is 7.81. The first-order valence-electron chi connectivity index (χ1n) is 11.6. The second kappa shape index (κ2) is 9.46. The van der Waals surface area contributed by atoms with Gasteiger partial charge in [-0.25, -0.2) is 0 Å². The molecule has 0 saturated heterocycles. The van der Waals surface area contributed by atoms with Gasteiger partial charge in [-0.05, 0) is 83.3 Å². The molecule has 0 saturated carbocycles. The summed E-state index contributed by atoms with van der Waals surface area (Å²) in [7, 11) is 0. The van der Waals surface area contributed by atoms with E-state index in [4.69, 9.17) is 0 Å². The third kappa shape index (κ3) is 5.93. The van der Waals surface area contributed by atoms with Crippen molar-refractivity contribution in [1.29, 1.82) is 0 Å². The first-order chi connectivity index (χ1) is 15.8. The zero-order chi connectivity index (χ0) is 25.3. The third-order valence-electron chi connectivity index (χ3n) is 5.95. The van der Waals surface area contributed by atoms with Crippen molar-refractivity contribution in [1.82, 2.24) is 0 Å². The van der Waals surface area contributed by atoms with Gasteiger partial charge in [-0.1, -0.05) is 53.7 Å². The molecule has 3 aromatic carbocycles. The van der Waals surface area contributed by atoms with E-state index in [1.54, 1.807) is 12.4 Å². The number of hydrogen-bond donors (Lipinski definition) is 2. The molecule has 34 heavy (non-hydrogen) atoms. The minimum absolute atomic E-state index is 0.0138. The maximum atomic E-state index is 10.5. The SMILES string of the molecule is Cc1cc(C(C)(C)C)cc(C=Nc2ccc(N=Cc3cc(C(C)(C)C)cc(C)c3O)cc2)c1O. The molecule has 0 radical (unpaired) electrons. The summed E-state index contributed by atoms with van der Waals surface area (Å²) in [6, 6.07) is 15.6. The van der Waals surface area contributed by atoms with E-state index in [2.05, 4.69) is 51.5 Å². The lowest BCUT2D eigenvalue weighted by molar-refractivity contribution is 0.468. The molecule has 0 bridgehead atoms. The average Bonchev–Trinajstić information content (AvgIpc) is 2.74. The van der Waals surface area contributed by atoms with Crippen LogP contribution in [0.2, 0.25) is 0 Å². The van der Waals surface area contributed by atoms with Crippen LogP contribution < -0.4 is 0 Å². The van der Waals surface area contributed by atoms with Crippen molar-refractivity contribution in [3.63, 3.8) is 0 Å². The van der Waals surface area contributed by atoms with Crippen LogP contribution in [0.15, 0.2) is 58.5 Å². The maximum Gasteiger partial charge on any atom is 0.127 e. The number of aliphatic imine (C=N–C) groups is 2. The fraction of sp³-hybridized carbons (Fsp3) is 0.333. The van der Waals surface area contributed by atoms with Gasteiger partial charge in [0.2, 0.25) is 0 Å². The third-order valence-corrected chi connectivity index (χ3v) is 5.95. The summed E-state index contributed by atoms with van der Waals surface area (Å²) >= 11 is 0. The molecule has 3 rings (SSSR count). The standard InChI is InChI=1S/C30H36N2O2/c1-19-13-23(29(3,4)5)15-21(27(19)33)17-31-25-9-11-26(12-10-25)32-18-22-16-24(30(6,7)8)14-20(2)28(22)34/h9-18,33-34H,1-8H3. The molecule has 3 aromatic rings. The van der Waals surface area contributed by atoms with E-state index < -0.39 is 0 Å². The van der Waals surface area contributed by atoms with Crippen molar-refractivity contribution >= 4 is 23.8 Å². The van der Waals surface area contributed by atoms with Gasteiger partial charge in [0.1, 0.15) is 11.5 Å². The average molecular weight is 457 g/mol. The van der Waals surface area contributed by atoms with E-state index in [0.29, 0.717) is 11.1 Å². The fourth-order valence-electron chi connectivity index (χ4n) is 3.59. The monoisotopic (exact) mass is 456 g/mol. The second-order valence-corrected chi connectivity index (χ2v) is 11.0. The highest BCUT2D eigenvalue weighted by atomic mass is 16.3. The van der Waals surface area contributed by atoms with Crippen molar-refractivity contribution in [3.05, 3.63) is 81.9 Å². The van der Waals surface area contributed by atoms with Gasteiger partial charge in [-0.3, -0.25) is 9.98 Å². The molecule has 0 unspecified atom stereocenters. The van der Waals surface area contributed by atoms with Crippen molar-refractivity contribution in [2.45, 2.75) is 66.2 Å². The first-order valence-corrected chi connectivity index (χ1v) is 11.6. The summed E-state index contributed by atoms with van der Waals surface area (Å²) < 4.78 is 0. The number of aryl methyl sites for hydroxylation is 2. The lowest BCUT2D eigenvalue weighted by Crippen LogP contribution is -2.12. The Balaban J connectivity index is 1.82. The second-order valence-electron chi connectivity index (χ2n) is 11.0. The van der Waals surface area contributed by atoms with Gasteiger partial charge < -0.3 is 10.2 Å². The smallest absolute Gasteiger partial charge is 0.127 e. The molecule has 0 aliphatic heterocycles. The Kier molecular flexibility index (Phi) is 7.02. The van der Waals surface area contributed by atoms with Crippen molar-refractivity contribution in [2.24, 2.45) is 9.98 Å². The molecule has 0 atom stereocenters. The molecule has 0 amide bonds. The molecule has 0 aliphatic carbocycles. The van der Waals surface area contributed by atoms with Crippen LogP contribution in [0.4, 0.5) is 11.4 Å². The highest BCUT2D eigenvalue weighted by molar-refractivity contribution is 5.87. The molecule has 0 fully saturated rings. The van der Waals surface area contributed by atoms with Gasteiger partial charge in [0.15, 0.2) is 0 Å². The Bertz CT molecular complexity index is 1140. The number of aromatic hydroxyl groups is 2. The predicted molar refractivity (Wildman–Crippen MR) is 144 cm³/mol. The molecule has 2 N–H and O–H groups in total. The van der Waals surface area contributed by atoms with Gasteiger partial charge in [0.05, 0.1) is 11.4 Å². The summed E-state index contributed by atoms with van der Waals surface area (Å²) in [5, 5.41) is 20.9. The van der Waals surface area contributed by atoms with E-state index in [1.165, 1.54) is 0 Å². The van der Waals surface area contributed by atoms with E-state index >= 15 is 0 Å². The van der Waals surface area contributed by atoms with Crippen LogP contribution in [0.1, 0.15) is 74.9 Å². The first kappa shape index (κ1) is 25.2. The maximum absolute atomic E-state index is 10.5. The molecule has 4 heteroatoms. The quantitative estimate of drug-likeness (QED) is 0.393. The summed E-state index contributed by atoms with van der Waals surface area (Å²) in [4.78, 5) is 9.10. The number of phenols is 2. The van der Waals surface area contributed by atoms with Crippen LogP contribution in [-0.2, 0) is 10.8 Å². The minimum atomic E-state index is -0.0138. The summed E-state index contributed by atoms with van der Waals surface area (Å²) in [6.45, 7) is 16.7. The van der Waals surface area contributed by atoms with Crippen LogP contribution in [0, 0.1) is 13.8 Å². The Morgan fingerprint density at radius 2 is 0.912 bits per heavy atom. The Morgan fingerprint density at radius 1 is 0.588 bits per heavy atom. The van der Waals surface area contributed by atoms with Crippen LogP contribution in [0.3, 0.4) is 0 Å². The van der Waals surface area contributed by atoms with Crippen LogP contribution >= 0.6 is 0 Å². The summed E-state index contributed by atoms with van der Waals surface area (Å²) in [5.41, 5.74) is 6.91. The highest BCUT2D eigenvalue weighted by Gasteiger charge is 2.18. The zero-order valence-corrected chi connectivity index (χ0v) is 21.6. The molecule has 0 spiro atoms. The van der Waals surface area contributed by atoms with Crippen LogP contribution in [0.5, 0.6) is 11.5 Å². The fourth-order valence-corrected chi connectivity index (χ4v) is 3.59. The molecular weight excluding hydrogens is 420 g/mol. The molecule has 0 aliphatic rings. The van der Waals surface area contributed by atoms with Crippen LogP contribution in [-0.4, -0.2) is 22.6 Å². The van der Waals surface area contributed by atoms with Crippen LogP contribution in [0.25, 0.3) is 0 Å². The Labute approximate surface area is 203 Å². The number of hydrogen-bond acceptors (Lipinski definition) is 4. The van der Waals surface area contributed by atoms with Gasteiger partial charge in [-0.15, -0.1) is 0 Å². The largest absolute Gasteiger partial charge is 0.507 e. The molecular formula is C30H36N2O2. The molecule has 4 nitrogen and oxygen atoms in total. The number of nitrogens with zero attached hydrogens (tertiary/aromatic N) is 2. The van der Waals surface area contributed by atoms with E-state index in [0.717, 1.165) is 33.6 Å². The molecule has 0 aromatic heterocycles. The summed E-state index contributed by atoms with van der Waals surface area (Å²) in [6.07, 6.45) is 3.41. The van der Waals surface area contributed by atoms with Gasteiger partial charge in [0, 0.05) is 23.6 Å². The minimum Gasteiger partial charge on any atom is -0.507 e. The van der Waals surface area contributed by atoms with E-state index in [-0.39, 0.29) is 22.3 Å². The number of phenolic OH excluding ortho intramolecular Hbond substituents is 2. The Morgan fingerprint density at radius 3 is 1.21 bits per heavy atom. The van der Waals surface area contributed by atoms with Gasteiger partial charge in [-0.2, -0.15) is 0 Å². The van der Waals surface area contributed by atoms with E-state index in [1.807, 2.05) is 62.4 Å². The Hall–Kier alpha value is -3.40. The van der Waals surface area contributed by atoms with Crippen molar-refractivity contribution in [3.8, 4) is 11.5 Å². The van der Waals surface area contributed by atoms with E-state index in [9.17, 15) is 10.2 Å². The zero-order valence-electron chi connectivity index (χ0n) is 21.6. The van der Waals surface area contributed by atoms with Gasteiger partial charge >= 0.3 is 0 Å². The lowest BCUT2D eigenvalue weighted by Gasteiger charge is -2.21. The molecule has 178 valence electrons. The summed E-state index contributed by atoms with van der Waals surface area (Å²) in [5.74, 6) is 0.510. The van der Waals surface area contributed by atoms with Crippen molar-refractivity contribution in [2.75, 3.05) is 0 Å². The lowest BCUT2D eigenvalue weighted by atomic mass is 9.85. The van der Waals surface area contributed by atoms with Crippen molar-refractivity contribution < 1.29 is 10.2 Å². The number of benzene rings is 3. The van der Waals surface area contributed by atoms with Gasteiger partial charge in [0.25, 0.3) is 0 Å².